The molecule has 1 amide bonds. The lowest BCUT2D eigenvalue weighted by atomic mass is 10.2. The number of benzene rings is 2. The Morgan fingerprint density at radius 2 is 1.95 bits per heavy atom. The van der Waals surface area contributed by atoms with E-state index in [9.17, 15) is 9.18 Å². The summed E-state index contributed by atoms with van der Waals surface area (Å²) in [5.74, 6) is 1.69. The highest BCUT2D eigenvalue weighted by molar-refractivity contribution is 9.10. The molecule has 0 atom stereocenters. The van der Waals surface area contributed by atoms with Gasteiger partial charge in [0.1, 0.15) is 5.82 Å². The minimum atomic E-state index is -0.374. The molecule has 1 fully saturated rings. The van der Waals surface area contributed by atoms with Crippen LogP contribution in [0, 0.1) is 5.82 Å². The number of carbonyl (C=O) groups excluding carboxylic acids is 1. The van der Waals surface area contributed by atoms with Gasteiger partial charge in [-0.2, -0.15) is 0 Å². The minimum Gasteiger partial charge on any atom is -0.322 e. The van der Waals surface area contributed by atoms with Crippen molar-refractivity contribution < 1.29 is 9.18 Å². The molecule has 114 valence electrons. The predicted molar refractivity (Wildman–Crippen MR) is 96.2 cm³/mol. The van der Waals surface area contributed by atoms with Crippen molar-refractivity contribution in [3.05, 3.63) is 63.9 Å². The second kappa shape index (κ2) is 7.06. The van der Waals surface area contributed by atoms with Crippen LogP contribution in [-0.2, 0) is 0 Å². The van der Waals surface area contributed by atoms with Crippen LogP contribution in [0.25, 0.3) is 0 Å². The molecule has 0 bridgehead atoms. The molecule has 0 aromatic heterocycles. The van der Waals surface area contributed by atoms with Gasteiger partial charge in [-0.25, -0.2) is 4.39 Å². The SMILES string of the molecule is O=C(Nc1cccc(C2SCCS2)c1)c1ccc(F)cc1Br. The molecule has 1 saturated heterocycles. The van der Waals surface area contributed by atoms with E-state index in [4.69, 9.17) is 0 Å². The lowest BCUT2D eigenvalue weighted by Gasteiger charge is -2.11. The molecular formula is C16H13BrFNOS2. The first-order valence-electron chi connectivity index (χ1n) is 6.73. The molecule has 2 nitrogen and oxygen atoms in total. The lowest BCUT2D eigenvalue weighted by Crippen LogP contribution is -2.12. The van der Waals surface area contributed by atoms with Gasteiger partial charge in [0.2, 0.25) is 0 Å². The lowest BCUT2D eigenvalue weighted by molar-refractivity contribution is 0.102. The van der Waals surface area contributed by atoms with Gasteiger partial charge in [-0.05, 0) is 51.8 Å². The second-order valence-electron chi connectivity index (χ2n) is 4.78. The molecule has 2 aromatic rings. The number of nitrogens with one attached hydrogen (secondary N) is 1. The fourth-order valence-corrected chi connectivity index (χ4v) is 5.56. The van der Waals surface area contributed by atoms with E-state index in [0.717, 1.165) is 17.2 Å². The van der Waals surface area contributed by atoms with E-state index < -0.39 is 0 Å². The minimum absolute atomic E-state index is 0.254. The Balaban J connectivity index is 1.77. The molecule has 0 radical (unpaired) electrons. The van der Waals surface area contributed by atoms with E-state index in [1.807, 2.05) is 41.7 Å². The highest BCUT2D eigenvalue weighted by Crippen LogP contribution is 2.45. The van der Waals surface area contributed by atoms with Crippen LogP contribution in [0.2, 0.25) is 0 Å². The zero-order chi connectivity index (χ0) is 15.5. The first-order chi connectivity index (χ1) is 10.6. The molecule has 1 aliphatic rings. The summed E-state index contributed by atoms with van der Waals surface area (Å²) < 4.78 is 14.0. The molecule has 1 heterocycles. The van der Waals surface area contributed by atoms with Gasteiger partial charge in [-0.1, -0.05) is 12.1 Å². The maximum Gasteiger partial charge on any atom is 0.256 e. The van der Waals surface area contributed by atoms with Gasteiger partial charge in [0.25, 0.3) is 5.91 Å². The van der Waals surface area contributed by atoms with Crippen molar-refractivity contribution >= 4 is 51.0 Å². The van der Waals surface area contributed by atoms with Crippen LogP contribution in [0.3, 0.4) is 0 Å². The van der Waals surface area contributed by atoms with Crippen LogP contribution in [0.5, 0.6) is 0 Å². The van der Waals surface area contributed by atoms with Gasteiger partial charge >= 0.3 is 0 Å². The monoisotopic (exact) mass is 397 g/mol. The third kappa shape index (κ3) is 3.67. The highest BCUT2D eigenvalue weighted by atomic mass is 79.9. The van der Waals surface area contributed by atoms with E-state index in [-0.39, 0.29) is 11.7 Å². The van der Waals surface area contributed by atoms with Crippen LogP contribution in [0.4, 0.5) is 10.1 Å². The van der Waals surface area contributed by atoms with E-state index in [2.05, 4.69) is 27.3 Å². The smallest absolute Gasteiger partial charge is 0.256 e. The molecule has 0 spiro atoms. The van der Waals surface area contributed by atoms with Crippen LogP contribution in [0.1, 0.15) is 20.5 Å². The fraction of sp³-hybridized carbons (Fsp3) is 0.188. The van der Waals surface area contributed by atoms with Crippen molar-refractivity contribution in [3.8, 4) is 0 Å². The number of hydrogen-bond acceptors (Lipinski definition) is 3. The summed E-state index contributed by atoms with van der Waals surface area (Å²) in [5.41, 5.74) is 2.38. The zero-order valence-corrected chi connectivity index (χ0v) is 14.7. The first kappa shape index (κ1) is 15.9. The second-order valence-corrected chi connectivity index (χ2v) is 8.36. The van der Waals surface area contributed by atoms with Crippen molar-refractivity contribution in [3.63, 3.8) is 0 Å². The van der Waals surface area contributed by atoms with E-state index in [1.165, 1.54) is 23.8 Å². The number of amides is 1. The molecular weight excluding hydrogens is 385 g/mol. The third-order valence-corrected chi connectivity index (χ3v) is 6.97. The highest BCUT2D eigenvalue weighted by Gasteiger charge is 2.19. The van der Waals surface area contributed by atoms with Crippen LogP contribution in [0.15, 0.2) is 46.9 Å². The molecule has 1 aliphatic heterocycles. The number of carbonyl (C=O) groups is 1. The van der Waals surface area contributed by atoms with E-state index >= 15 is 0 Å². The van der Waals surface area contributed by atoms with Crippen LogP contribution < -0.4 is 5.32 Å². The van der Waals surface area contributed by atoms with E-state index in [1.54, 1.807) is 0 Å². The van der Waals surface area contributed by atoms with Gasteiger partial charge in [0, 0.05) is 21.7 Å². The summed E-state index contributed by atoms with van der Waals surface area (Å²) in [6, 6.07) is 11.9. The maximum atomic E-state index is 13.1. The Labute approximate surface area is 145 Å². The average molecular weight is 398 g/mol. The van der Waals surface area contributed by atoms with Crippen LogP contribution in [-0.4, -0.2) is 17.4 Å². The molecule has 2 aromatic carbocycles. The summed E-state index contributed by atoms with van der Waals surface area (Å²) in [6.45, 7) is 0. The Morgan fingerprint density at radius 3 is 2.68 bits per heavy atom. The van der Waals surface area contributed by atoms with Crippen molar-refractivity contribution in [2.45, 2.75) is 4.58 Å². The number of halogens is 2. The number of thioether (sulfide) groups is 2. The number of hydrogen-bond donors (Lipinski definition) is 1. The van der Waals surface area contributed by atoms with Gasteiger partial charge in [-0.15, -0.1) is 23.5 Å². The van der Waals surface area contributed by atoms with E-state index in [0.29, 0.717) is 14.6 Å². The molecule has 3 rings (SSSR count). The maximum absolute atomic E-state index is 13.1. The fourth-order valence-electron chi connectivity index (χ4n) is 2.19. The Kier molecular flexibility index (Phi) is 5.10. The zero-order valence-electron chi connectivity index (χ0n) is 11.5. The van der Waals surface area contributed by atoms with Crippen molar-refractivity contribution in [2.75, 3.05) is 16.8 Å². The largest absolute Gasteiger partial charge is 0.322 e. The van der Waals surface area contributed by atoms with Crippen molar-refractivity contribution in [2.24, 2.45) is 0 Å². The van der Waals surface area contributed by atoms with Gasteiger partial charge < -0.3 is 5.32 Å². The van der Waals surface area contributed by atoms with Crippen molar-refractivity contribution in [1.82, 2.24) is 0 Å². The Bertz CT molecular complexity index is 704. The topological polar surface area (TPSA) is 29.1 Å². The number of rotatable bonds is 3. The molecule has 0 saturated carbocycles. The first-order valence-corrected chi connectivity index (χ1v) is 9.62. The van der Waals surface area contributed by atoms with Gasteiger partial charge in [-0.3, -0.25) is 4.79 Å². The summed E-state index contributed by atoms with van der Waals surface area (Å²) in [7, 11) is 0. The summed E-state index contributed by atoms with van der Waals surface area (Å²) >= 11 is 7.07. The molecule has 0 unspecified atom stereocenters. The number of anilines is 1. The summed E-state index contributed by atoms with van der Waals surface area (Å²) in [6.07, 6.45) is 0. The Hall–Kier alpha value is -0.980. The molecule has 6 heteroatoms. The third-order valence-electron chi connectivity index (χ3n) is 3.21. The predicted octanol–water partition coefficient (Wildman–Crippen LogP) is 5.32. The van der Waals surface area contributed by atoms with Gasteiger partial charge in [0.15, 0.2) is 0 Å². The molecule has 0 aliphatic carbocycles. The standard InChI is InChI=1S/C16H13BrFNOS2/c17-14-9-11(18)4-5-13(14)15(20)19-12-3-1-2-10(8-12)16-21-6-7-22-16/h1-5,8-9,16H,6-7H2,(H,19,20). The summed E-state index contributed by atoms with van der Waals surface area (Å²) in [4.78, 5) is 12.3. The van der Waals surface area contributed by atoms with Crippen LogP contribution >= 0.6 is 39.5 Å². The molecule has 22 heavy (non-hydrogen) atoms. The quantitative estimate of drug-likeness (QED) is 0.759. The summed E-state index contributed by atoms with van der Waals surface area (Å²) in [5, 5.41) is 2.87. The van der Waals surface area contributed by atoms with Gasteiger partial charge in [0.05, 0.1) is 10.1 Å². The average Bonchev–Trinajstić information content (AvgIpc) is 3.01. The molecule has 1 N–H and O–H groups in total. The van der Waals surface area contributed by atoms with Crippen molar-refractivity contribution in [1.29, 1.82) is 0 Å². The Morgan fingerprint density at radius 1 is 1.18 bits per heavy atom. The normalized spacial score (nSPS) is 15.0.